The lowest BCUT2D eigenvalue weighted by molar-refractivity contribution is -0.119. The molecule has 11 heteroatoms. The van der Waals surface area contributed by atoms with Crippen molar-refractivity contribution < 1.29 is 23.9 Å². The van der Waals surface area contributed by atoms with Gasteiger partial charge in [0.05, 0.1) is 18.8 Å². The zero-order valence-electron chi connectivity index (χ0n) is 14.6. The number of esters is 2. The normalized spacial score (nSPS) is 12.3. The van der Waals surface area contributed by atoms with Crippen LogP contribution in [0, 0.1) is 6.92 Å². The van der Waals surface area contributed by atoms with Crippen molar-refractivity contribution in [2.75, 3.05) is 18.5 Å². The first-order valence-corrected chi connectivity index (χ1v) is 9.55. The van der Waals surface area contributed by atoms with E-state index in [-0.39, 0.29) is 28.7 Å². The maximum absolute atomic E-state index is 12.3. The molecule has 1 aromatic heterocycles. The maximum Gasteiger partial charge on any atom is 0.348 e. The molecule has 0 aliphatic rings. The molecule has 0 bridgehead atoms. The number of rotatable bonds is 7. The van der Waals surface area contributed by atoms with Crippen LogP contribution < -0.4 is 10.6 Å². The second-order valence-electron chi connectivity index (χ2n) is 5.02. The number of hydrogen-bond acceptors (Lipinski definition) is 7. The van der Waals surface area contributed by atoms with E-state index in [0.29, 0.717) is 5.56 Å². The van der Waals surface area contributed by atoms with Crippen LogP contribution in [0.5, 0.6) is 0 Å². The van der Waals surface area contributed by atoms with Gasteiger partial charge in [-0.25, -0.2) is 9.59 Å². The summed E-state index contributed by atoms with van der Waals surface area (Å²) in [6.07, 6.45) is -1.15. The van der Waals surface area contributed by atoms with E-state index >= 15 is 0 Å². The number of thiophene rings is 1. The Morgan fingerprint density at radius 2 is 1.65 bits per heavy atom. The minimum atomic E-state index is -1.92. The largest absolute Gasteiger partial charge is 0.462 e. The highest BCUT2D eigenvalue weighted by molar-refractivity contribution is 7.18. The SMILES string of the molecule is CCOC(=O)c1sc(NC(NC(C)=O)C(Cl)(Cl)Cl)c(C(=O)OCC)c1C. The van der Waals surface area contributed by atoms with Crippen LogP contribution in [0.2, 0.25) is 0 Å². The molecule has 0 saturated carbocycles. The zero-order chi connectivity index (χ0) is 20.1. The number of alkyl halides is 3. The van der Waals surface area contributed by atoms with E-state index in [1.165, 1.54) is 6.92 Å². The zero-order valence-corrected chi connectivity index (χ0v) is 17.7. The van der Waals surface area contributed by atoms with Crippen LogP contribution in [0.4, 0.5) is 5.00 Å². The molecule has 1 amide bonds. The van der Waals surface area contributed by atoms with Gasteiger partial charge < -0.3 is 20.1 Å². The Labute approximate surface area is 170 Å². The predicted octanol–water partition coefficient (Wildman–Crippen LogP) is 3.65. The molecule has 0 aliphatic carbocycles. The van der Waals surface area contributed by atoms with Gasteiger partial charge >= 0.3 is 11.9 Å². The standard InChI is InChI=1S/C15H19Cl3N2O5S/c1-5-24-12(22)9-7(3)10(13(23)25-6-2)26-11(9)20-14(15(16,17)18)19-8(4)21/h14,20H,5-6H2,1-4H3,(H,19,21). The lowest BCUT2D eigenvalue weighted by Gasteiger charge is -2.26. The number of anilines is 1. The molecule has 0 radical (unpaired) electrons. The molecule has 0 fully saturated rings. The summed E-state index contributed by atoms with van der Waals surface area (Å²) < 4.78 is 8.12. The van der Waals surface area contributed by atoms with Crippen molar-refractivity contribution in [3.05, 3.63) is 16.0 Å². The van der Waals surface area contributed by atoms with E-state index in [9.17, 15) is 14.4 Å². The van der Waals surface area contributed by atoms with E-state index in [2.05, 4.69) is 10.6 Å². The van der Waals surface area contributed by atoms with Crippen molar-refractivity contribution in [1.29, 1.82) is 0 Å². The summed E-state index contributed by atoms with van der Waals surface area (Å²) in [7, 11) is 0. The van der Waals surface area contributed by atoms with Crippen LogP contribution in [0.1, 0.15) is 46.4 Å². The maximum atomic E-state index is 12.3. The second-order valence-corrected chi connectivity index (χ2v) is 8.41. The van der Waals surface area contributed by atoms with Crippen molar-refractivity contribution >= 4 is 69.0 Å². The molecule has 26 heavy (non-hydrogen) atoms. The van der Waals surface area contributed by atoms with Gasteiger partial charge in [0.1, 0.15) is 16.0 Å². The van der Waals surface area contributed by atoms with Crippen LogP contribution in [-0.2, 0) is 14.3 Å². The molecule has 0 aliphatic heterocycles. The second kappa shape index (κ2) is 9.64. The van der Waals surface area contributed by atoms with Gasteiger partial charge in [0.2, 0.25) is 9.70 Å². The average Bonchev–Trinajstić information content (AvgIpc) is 2.82. The smallest absolute Gasteiger partial charge is 0.348 e. The molecule has 2 N–H and O–H groups in total. The van der Waals surface area contributed by atoms with E-state index in [1.54, 1.807) is 20.8 Å². The van der Waals surface area contributed by atoms with Crippen LogP contribution in [0.25, 0.3) is 0 Å². The molecule has 146 valence electrons. The number of carbonyl (C=O) groups excluding carboxylic acids is 3. The number of carbonyl (C=O) groups is 3. The molecule has 1 unspecified atom stereocenters. The van der Waals surface area contributed by atoms with E-state index in [0.717, 1.165) is 11.3 Å². The topological polar surface area (TPSA) is 93.7 Å². The van der Waals surface area contributed by atoms with Gasteiger partial charge in [-0.2, -0.15) is 0 Å². The van der Waals surface area contributed by atoms with E-state index in [4.69, 9.17) is 44.3 Å². The summed E-state index contributed by atoms with van der Waals surface area (Å²) in [5.41, 5.74) is 0.491. The van der Waals surface area contributed by atoms with E-state index < -0.39 is 27.8 Å². The van der Waals surface area contributed by atoms with Crippen LogP contribution in [-0.4, -0.2) is 41.0 Å². The van der Waals surface area contributed by atoms with E-state index in [1.807, 2.05) is 0 Å². The van der Waals surface area contributed by atoms with Crippen molar-refractivity contribution in [2.24, 2.45) is 0 Å². The van der Waals surface area contributed by atoms with Gasteiger partial charge in [0.25, 0.3) is 0 Å². The lowest BCUT2D eigenvalue weighted by Crippen LogP contribution is -2.48. The molecule has 0 aromatic carbocycles. The molecule has 0 spiro atoms. The summed E-state index contributed by atoms with van der Waals surface area (Å²) in [4.78, 5) is 36.1. The van der Waals surface area contributed by atoms with Gasteiger partial charge in [0.15, 0.2) is 0 Å². The minimum absolute atomic E-state index is 0.115. The molecule has 0 saturated heterocycles. The molecule has 7 nitrogen and oxygen atoms in total. The van der Waals surface area contributed by atoms with Gasteiger partial charge in [-0.15, -0.1) is 11.3 Å². The van der Waals surface area contributed by atoms with Gasteiger partial charge in [-0.1, -0.05) is 34.8 Å². The van der Waals surface area contributed by atoms with Crippen molar-refractivity contribution in [3.63, 3.8) is 0 Å². The van der Waals surface area contributed by atoms with Crippen molar-refractivity contribution in [2.45, 2.75) is 37.7 Å². The molecule has 1 heterocycles. The average molecular weight is 446 g/mol. The van der Waals surface area contributed by atoms with Gasteiger partial charge in [0, 0.05) is 6.92 Å². The van der Waals surface area contributed by atoms with Gasteiger partial charge in [-0.3, -0.25) is 4.79 Å². The first-order chi connectivity index (χ1) is 12.0. The number of amides is 1. The monoisotopic (exact) mass is 444 g/mol. The number of nitrogens with one attached hydrogen (secondary N) is 2. The third kappa shape index (κ3) is 5.90. The van der Waals surface area contributed by atoms with Crippen molar-refractivity contribution in [3.8, 4) is 0 Å². The highest BCUT2D eigenvalue weighted by Gasteiger charge is 2.36. The summed E-state index contributed by atoms with van der Waals surface area (Å²) >= 11 is 18.6. The Bertz CT molecular complexity index is 688. The molecule has 1 aromatic rings. The Morgan fingerprint density at radius 1 is 1.12 bits per heavy atom. The van der Waals surface area contributed by atoms with Crippen molar-refractivity contribution in [1.82, 2.24) is 5.32 Å². The number of hydrogen-bond donors (Lipinski definition) is 2. The lowest BCUT2D eigenvalue weighted by atomic mass is 10.1. The molecule has 1 atom stereocenters. The first kappa shape index (κ1) is 22.8. The Balaban J connectivity index is 3.37. The summed E-state index contributed by atoms with van der Waals surface area (Å²) in [6.45, 7) is 6.48. The third-order valence-electron chi connectivity index (χ3n) is 3.04. The minimum Gasteiger partial charge on any atom is -0.462 e. The third-order valence-corrected chi connectivity index (χ3v) is 4.90. The summed E-state index contributed by atoms with van der Waals surface area (Å²) in [5, 5.41) is 5.46. The van der Waals surface area contributed by atoms with Gasteiger partial charge in [-0.05, 0) is 26.3 Å². The molecular formula is C15H19Cl3N2O5S. The highest BCUT2D eigenvalue weighted by atomic mass is 35.6. The Kier molecular flexibility index (Phi) is 8.46. The first-order valence-electron chi connectivity index (χ1n) is 7.60. The Morgan fingerprint density at radius 3 is 2.12 bits per heavy atom. The summed E-state index contributed by atoms with van der Waals surface area (Å²) in [6, 6.07) is 0. The fraction of sp³-hybridized carbons (Fsp3) is 0.533. The predicted molar refractivity (Wildman–Crippen MR) is 102 cm³/mol. The molecule has 1 rings (SSSR count). The van der Waals surface area contributed by atoms with Crippen LogP contribution in [0.3, 0.4) is 0 Å². The van der Waals surface area contributed by atoms with Crippen LogP contribution >= 0.6 is 46.1 Å². The highest BCUT2D eigenvalue weighted by Crippen LogP contribution is 2.38. The molecular weight excluding hydrogens is 427 g/mol. The summed E-state index contributed by atoms with van der Waals surface area (Å²) in [5.74, 6) is -1.69. The number of halogens is 3. The quantitative estimate of drug-likeness (QED) is 0.378. The fourth-order valence-electron chi connectivity index (χ4n) is 1.99. The Hall–Kier alpha value is -1.22. The van der Waals surface area contributed by atoms with Crippen LogP contribution in [0.15, 0.2) is 0 Å². The number of ether oxygens (including phenoxy) is 2. The fourth-order valence-corrected chi connectivity index (χ4v) is 3.43.